The molecule has 1 saturated heterocycles. The van der Waals surface area contributed by atoms with Crippen LogP contribution < -0.4 is 0 Å². The summed E-state index contributed by atoms with van der Waals surface area (Å²) >= 11 is 0. The summed E-state index contributed by atoms with van der Waals surface area (Å²) in [7, 11) is 0. The lowest BCUT2D eigenvalue weighted by Gasteiger charge is -2.35. The first kappa shape index (κ1) is 11.0. The van der Waals surface area contributed by atoms with Crippen LogP contribution in [-0.4, -0.2) is 16.1 Å². The first-order valence-electron chi connectivity index (χ1n) is 5.17. The second-order valence-electron chi connectivity index (χ2n) is 5.82. The van der Waals surface area contributed by atoms with E-state index in [-0.39, 0.29) is 11.1 Å². The maximum atomic E-state index is 12.0. The van der Waals surface area contributed by atoms with Gasteiger partial charge < -0.3 is 0 Å². The molecule has 0 saturated carbocycles. The van der Waals surface area contributed by atoms with E-state index in [0.29, 0.717) is 11.8 Å². The van der Waals surface area contributed by atoms with Crippen LogP contribution in [0.2, 0.25) is 0 Å². The van der Waals surface area contributed by atoms with E-state index in [1.165, 1.54) is 5.06 Å². The van der Waals surface area contributed by atoms with Gasteiger partial charge in [0, 0.05) is 11.1 Å². The van der Waals surface area contributed by atoms with Crippen molar-refractivity contribution in [2.24, 2.45) is 11.8 Å². The largest absolute Gasteiger partial charge is 0.144 e. The number of hydrogen-bond donors (Lipinski definition) is 0. The van der Waals surface area contributed by atoms with Crippen molar-refractivity contribution in [3.8, 4) is 0 Å². The summed E-state index contributed by atoms with van der Waals surface area (Å²) in [5.74, 6) is 1.10. The fraction of sp³-hybridized carbons (Fsp3) is 1.00. The Morgan fingerprint density at radius 2 is 1.69 bits per heavy atom. The highest BCUT2D eigenvalue weighted by molar-refractivity contribution is 5.02. The molecule has 1 atom stereocenters. The molecule has 13 heavy (non-hydrogen) atoms. The Hall–Kier alpha value is -0.0800. The van der Waals surface area contributed by atoms with Gasteiger partial charge in [-0.1, -0.05) is 13.8 Å². The third-order valence-electron chi connectivity index (χ3n) is 3.50. The zero-order valence-corrected chi connectivity index (χ0v) is 9.72. The van der Waals surface area contributed by atoms with Crippen molar-refractivity contribution in [2.75, 3.05) is 0 Å². The van der Waals surface area contributed by atoms with E-state index in [2.05, 4.69) is 27.7 Å². The molecule has 0 spiro atoms. The van der Waals surface area contributed by atoms with Gasteiger partial charge in [-0.25, -0.2) is 0 Å². The summed E-state index contributed by atoms with van der Waals surface area (Å²) in [4.78, 5) is 0. The molecule has 2 heteroatoms. The number of rotatable bonds is 1. The van der Waals surface area contributed by atoms with Crippen LogP contribution in [0, 0.1) is 11.8 Å². The van der Waals surface area contributed by atoms with Gasteiger partial charge in [-0.15, -0.1) is 10.3 Å². The van der Waals surface area contributed by atoms with Crippen molar-refractivity contribution in [1.29, 1.82) is 0 Å². The summed E-state index contributed by atoms with van der Waals surface area (Å²) in [5.41, 5.74) is -0.379. The maximum absolute atomic E-state index is 12.0. The maximum Gasteiger partial charge on any atom is 0.0474 e. The standard InChI is InChI=1S/C11H22NO/c1-8(2)9-7-10(3,4)12(13)11(9,5)6/h8-9H,7H2,1-6H3. The van der Waals surface area contributed by atoms with Gasteiger partial charge >= 0.3 is 0 Å². The Morgan fingerprint density at radius 3 is 1.85 bits per heavy atom. The average molecular weight is 184 g/mol. The number of nitrogens with zero attached hydrogens (tertiary/aromatic N) is 1. The molecule has 0 N–H and O–H groups in total. The summed E-state index contributed by atoms with van der Waals surface area (Å²) in [6, 6.07) is 0. The van der Waals surface area contributed by atoms with Gasteiger partial charge in [0.15, 0.2) is 0 Å². The minimum absolute atomic E-state index is 0.182. The Labute approximate surface area is 81.9 Å². The summed E-state index contributed by atoms with van der Waals surface area (Å²) in [5, 5.41) is 13.3. The molecule has 1 radical (unpaired) electrons. The highest BCUT2D eigenvalue weighted by Crippen LogP contribution is 2.46. The van der Waals surface area contributed by atoms with E-state index in [9.17, 15) is 5.21 Å². The van der Waals surface area contributed by atoms with Gasteiger partial charge in [-0.2, -0.15) is 0 Å². The molecular formula is C11H22NO. The first-order valence-corrected chi connectivity index (χ1v) is 5.17. The molecule has 1 fully saturated rings. The summed E-state index contributed by atoms with van der Waals surface area (Å²) in [6.07, 6.45) is 1.02. The van der Waals surface area contributed by atoms with Crippen LogP contribution in [0.5, 0.6) is 0 Å². The minimum Gasteiger partial charge on any atom is -0.144 e. The second kappa shape index (κ2) is 2.96. The topological polar surface area (TPSA) is 23.1 Å². The molecule has 0 aromatic carbocycles. The lowest BCUT2D eigenvalue weighted by Crippen LogP contribution is -2.46. The molecule has 0 aromatic heterocycles. The predicted molar refractivity (Wildman–Crippen MR) is 53.6 cm³/mol. The molecular weight excluding hydrogens is 162 g/mol. The molecule has 2 nitrogen and oxygen atoms in total. The van der Waals surface area contributed by atoms with E-state index in [1.807, 2.05) is 13.8 Å². The normalized spacial score (nSPS) is 32.8. The highest BCUT2D eigenvalue weighted by atomic mass is 16.5. The van der Waals surface area contributed by atoms with Crippen molar-refractivity contribution in [2.45, 2.75) is 59.0 Å². The Morgan fingerprint density at radius 1 is 1.23 bits per heavy atom. The Balaban J connectivity index is 2.93. The van der Waals surface area contributed by atoms with Gasteiger partial charge in [0.1, 0.15) is 0 Å². The molecule has 0 bridgehead atoms. The summed E-state index contributed by atoms with van der Waals surface area (Å²) < 4.78 is 0. The smallest absolute Gasteiger partial charge is 0.0474 e. The third-order valence-corrected chi connectivity index (χ3v) is 3.50. The van der Waals surface area contributed by atoms with Gasteiger partial charge in [-0.3, -0.25) is 0 Å². The highest BCUT2D eigenvalue weighted by Gasteiger charge is 2.52. The van der Waals surface area contributed by atoms with Crippen LogP contribution in [-0.2, 0) is 5.21 Å². The number of hydroxylamine groups is 2. The van der Waals surface area contributed by atoms with E-state index >= 15 is 0 Å². The zero-order chi connectivity index (χ0) is 10.4. The van der Waals surface area contributed by atoms with Crippen LogP contribution in [0.15, 0.2) is 0 Å². The van der Waals surface area contributed by atoms with Crippen LogP contribution in [0.25, 0.3) is 0 Å². The molecule has 0 aromatic rings. The van der Waals surface area contributed by atoms with Crippen molar-refractivity contribution in [3.05, 3.63) is 0 Å². The Kier molecular flexibility index (Phi) is 2.50. The fourth-order valence-corrected chi connectivity index (χ4v) is 2.85. The monoisotopic (exact) mass is 184 g/mol. The molecule has 1 rings (SSSR count). The zero-order valence-electron chi connectivity index (χ0n) is 9.72. The molecule has 77 valence electrons. The van der Waals surface area contributed by atoms with Crippen LogP contribution >= 0.6 is 0 Å². The Bertz CT molecular complexity index is 196. The molecule has 1 unspecified atom stereocenters. The minimum atomic E-state index is -0.197. The fourth-order valence-electron chi connectivity index (χ4n) is 2.85. The average Bonchev–Trinajstić information content (AvgIpc) is 2.11. The van der Waals surface area contributed by atoms with Gasteiger partial charge in [-0.05, 0) is 46.0 Å². The third kappa shape index (κ3) is 1.62. The SMILES string of the molecule is CC(C)C1CC(C)(C)N([O])C1(C)C. The summed E-state index contributed by atoms with van der Waals surface area (Å²) in [6.45, 7) is 12.6. The lowest BCUT2D eigenvalue weighted by molar-refractivity contribution is -0.249. The predicted octanol–water partition coefficient (Wildman–Crippen LogP) is 2.87. The van der Waals surface area contributed by atoms with E-state index in [0.717, 1.165) is 6.42 Å². The van der Waals surface area contributed by atoms with Crippen LogP contribution in [0.1, 0.15) is 48.0 Å². The van der Waals surface area contributed by atoms with Gasteiger partial charge in [0.05, 0.1) is 0 Å². The lowest BCUT2D eigenvalue weighted by atomic mass is 9.79. The molecule has 1 heterocycles. The van der Waals surface area contributed by atoms with E-state index in [4.69, 9.17) is 0 Å². The quantitative estimate of drug-likeness (QED) is 0.614. The van der Waals surface area contributed by atoms with Gasteiger partial charge in [0.25, 0.3) is 0 Å². The molecule has 1 aliphatic rings. The van der Waals surface area contributed by atoms with Crippen LogP contribution in [0.3, 0.4) is 0 Å². The second-order valence-corrected chi connectivity index (χ2v) is 5.82. The molecule has 0 aliphatic carbocycles. The van der Waals surface area contributed by atoms with Crippen LogP contribution in [0.4, 0.5) is 0 Å². The van der Waals surface area contributed by atoms with Crippen molar-refractivity contribution in [3.63, 3.8) is 0 Å². The van der Waals surface area contributed by atoms with E-state index in [1.54, 1.807) is 0 Å². The van der Waals surface area contributed by atoms with Crippen molar-refractivity contribution in [1.82, 2.24) is 5.06 Å². The molecule has 0 amide bonds. The van der Waals surface area contributed by atoms with E-state index < -0.39 is 0 Å². The first-order chi connectivity index (χ1) is 5.69. The number of hydrogen-bond acceptors (Lipinski definition) is 1. The van der Waals surface area contributed by atoms with Gasteiger partial charge in [0.2, 0.25) is 0 Å². The van der Waals surface area contributed by atoms with Crippen molar-refractivity contribution < 1.29 is 5.21 Å². The van der Waals surface area contributed by atoms with Crippen molar-refractivity contribution >= 4 is 0 Å². The molecule has 1 aliphatic heterocycles.